The fourth-order valence-electron chi connectivity index (χ4n) is 4.19. The molecule has 1 spiro atoms. The van der Waals surface area contributed by atoms with E-state index in [1.54, 1.807) is 7.11 Å². The number of ether oxygens (including phenoxy) is 1. The molecule has 2 aliphatic heterocycles. The Balaban J connectivity index is 1.40. The van der Waals surface area contributed by atoms with Gasteiger partial charge in [0.1, 0.15) is 5.75 Å². The molecule has 2 aromatic carbocycles. The minimum absolute atomic E-state index is 0.109. The van der Waals surface area contributed by atoms with Crippen LogP contribution in [0.4, 0.5) is 5.69 Å². The molecule has 140 valence electrons. The fraction of sp³-hybridized carbons (Fsp3) is 0.364. The van der Waals surface area contributed by atoms with Crippen molar-refractivity contribution < 1.29 is 14.3 Å². The van der Waals surface area contributed by atoms with E-state index in [0.29, 0.717) is 25.9 Å². The molecule has 27 heavy (non-hydrogen) atoms. The van der Waals surface area contributed by atoms with Crippen molar-refractivity contribution >= 4 is 17.5 Å². The van der Waals surface area contributed by atoms with Gasteiger partial charge in [-0.2, -0.15) is 0 Å². The number of hydrogen-bond acceptors (Lipinski definition) is 3. The summed E-state index contributed by atoms with van der Waals surface area (Å²) in [6.45, 7) is 2.09. The van der Waals surface area contributed by atoms with Crippen LogP contribution in [0, 0.1) is 5.41 Å². The molecule has 0 aromatic heterocycles. The highest BCUT2D eigenvalue weighted by Gasteiger charge is 2.48. The van der Waals surface area contributed by atoms with Gasteiger partial charge in [0.25, 0.3) is 0 Å². The van der Waals surface area contributed by atoms with E-state index in [-0.39, 0.29) is 17.2 Å². The van der Waals surface area contributed by atoms with E-state index in [4.69, 9.17) is 4.74 Å². The highest BCUT2D eigenvalue weighted by atomic mass is 16.5. The summed E-state index contributed by atoms with van der Waals surface area (Å²) in [4.78, 5) is 29.1. The maximum atomic E-state index is 12.7. The Morgan fingerprint density at radius 2 is 1.81 bits per heavy atom. The lowest BCUT2D eigenvalue weighted by Gasteiger charge is -2.24. The number of para-hydroxylation sites is 1. The molecular formula is C22H24N2O3. The molecule has 0 bridgehead atoms. The molecule has 0 saturated carbocycles. The van der Waals surface area contributed by atoms with Crippen LogP contribution in [-0.4, -0.2) is 43.5 Å². The van der Waals surface area contributed by atoms with Gasteiger partial charge in [0.15, 0.2) is 0 Å². The first-order valence-electron chi connectivity index (χ1n) is 9.35. The predicted octanol–water partition coefficient (Wildman–Crippen LogP) is 2.89. The lowest BCUT2D eigenvalue weighted by atomic mass is 9.86. The second kappa shape index (κ2) is 7.06. The zero-order chi connectivity index (χ0) is 18.9. The molecular weight excluding hydrogens is 340 g/mol. The lowest BCUT2D eigenvalue weighted by Crippen LogP contribution is -2.34. The number of benzene rings is 2. The normalized spacial score (nSPS) is 21.9. The molecule has 1 unspecified atom stereocenters. The number of amides is 2. The molecule has 2 fully saturated rings. The van der Waals surface area contributed by atoms with Crippen molar-refractivity contribution in [3.63, 3.8) is 0 Å². The molecule has 2 aromatic rings. The van der Waals surface area contributed by atoms with Crippen molar-refractivity contribution in [3.05, 3.63) is 60.2 Å². The highest BCUT2D eigenvalue weighted by Crippen LogP contribution is 2.41. The summed E-state index contributed by atoms with van der Waals surface area (Å²) in [5.41, 5.74) is 1.82. The van der Waals surface area contributed by atoms with E-state index in [2.05, 4.69) is 0 Å². The molecule has 0 aliphatic carbocycles. The van der Waals surface area contributed by atoms with Gasteiger partial charge in [0.2, 0.25) is 11.8 Å². The standard InChI is InChI=1S/C22H24N2O3/c1-27-19-9-7-17(8-10-19)13-20(25)23-12-11-22(15-23)14-21(26)24(16-22)18-5-3-2-4-6-18/h2-10H,11-16H2,1H3. The molecule has 5 nitrogen and oxygen atoms in total. The maximum absolute atomic E-state index is 12.7. The molecule has 4 rings (SSSR count). The van der Waals surface area contributed by atoms with Gasteiger partial charge in [-0.05, 0) is 36.2 Å². The van der Waals surface area contributed by atoms with Crippen LogP contribution >= 0.6 is 0 Å². The summed E-state index contributed by atoms with van der Waals surface area (Å²) in [5, 5.41) is 0. The second-order valence-electron chi connectivity index (χ2n) is 7.58. The summed E-state index contributed by atoms with van der Waals surface area (Å²) in [6.07, 6.45) is 1.79. The second-order valence-corrected chi connectivity index (χ2v) is 7.58. The Morgan fingerprint density at radius 1 is 1.07 bits per heavy atom. The molecule has 2 aliphatic rings. The Bertz CT molecular complexity index is 834. The number of carbonyl (C=O) groups excluding carboxylic acids is 2. The van der Waals surface area contributed by atoms with Crippen LogP contribution in [0.25, 0.3) is 0 Å². The quantitative estimate of drug-likeness (QED) is 0.838. The van der Waals surface area contributed by atoms with E-state index >= 15 is 0 Å². The van der Waals surface area contributed by atoms with Crippen LogP contribution in [0.2, 0.25) is 0 Å². The van der Waals surface area contributed by atoms with Crippen molar-refractivity contribution in [1.82, 2.24) is 4.90 Å². The minimum atomic E-state index is -0.109. The van der Waals surface area contributed by atoms with Crippen LogP contribution in [0.15, 0.2) is 54.6 Å². The third-order valence-electron chi connectivity index (χ3n) is 5.69. The molecule has 0 radical (unpaired) electrons. The molecule has 2 saturated heterocycles. The van der Waals surface area contributed by atoms with E-state index < -0.39 is 0 Å². The van der Waals surface area contributed by atoms with Gasteiger partial charge >= 0.3 is 0 Å². The first-order valence-corrected chi connectivity index (χ1v) is 9.35. The third kappa shape index (κ3) is 3.54. The van der Waals surface area contributed by atoms with Gasteiger partial charge in [-0.1, -0.05) is 30.3 Å². The topological polar surface area (TPSA) is 49.9 Å². The van der Waals surface area contributed by atoms with Crippen molar-refractivity contribution in [3.8, 4) is 5.75 Å². The Kier molecular flexibility index (Phi) is 4.60. The molecule has 1 atom stereocenters. The largest absolute Gasteiger partial charge is 0.497 e. The summed E-state index contributed by atoms with van der Waals surface area (Å²) in [5.74, 6) is 1.07. The SMILES string of the molecule is COc1ccc(CC(=O)N2CCC3(CC(=O)N(c4ccccc4)C3)C2)cc1. The molecule has 2 heterocycles. The number of hydrogen-bond donors (Lipinski definition) is 0. The molecule has 0 N–H and O–H groups in total. The summed E-state index contributed by atoms with van der Waals surface area (Å²) >= 11 is 0. The number of carbonyl (C=O) groups is 2. The highest BCUT2D eigenvalue weighted by molar-refractivity contribution is 5.96. The predicted molar refractivity (Wildman–Crippen MR) is 104 cm³/mol. The number of rotatable bonds is 4. The van der Waals surface area contributed by atoms with Crippen molar-refractivity contribution in [2.24, 2.45) is 5.41 Å². The zero-order valence-corrected chi connectivity index (χ0v) is 15.6. The smallest absolute Gasteiger partial charge is 0.227 e. The number of likely N-dealkylation sites (tertiary alicyclic amines) is 1. The van der Waals surface area contributed by atoms with Crippen LogP contribution in [0.5, 0.6) is 5.75 Å². The van der Waals surface area contributed by atoms with Gasteiger partial charge in [0, 0.05) is 37.2 Å². The monoisotopic (exact) mass is 364 g/mol. The molecule has 5 heteroatoms. The Morgan fingerprint density at radius 3 is 2.52 bits per heavy atom. The average molecular weight is 364 g/mol. The van der Waals surface area contributed by atoms with Crippen LogP contribution in [-0.2, 0) is 16.0 Å². The van der Waals surface area contributed by atoms with E-state index in [1.807, 2.05) is 64.4 Å². The van der Waals surface area contributed by atoms with Crippen LogP contribution < -0.4 is 9.64 Å². The summed E-state index contributed by atoms with van der Waals surface area (Å²) in [7, 11) is 1.63. The minimum Gasteiger partial charge on any atom is -0.497 e. The van der Waals surface area contributed by atoms with Crippen LogP contribution in [0.1, 0.15) is 18.4 Å². The van der Waals surface area contributed by atoms with Gasteiger partial charge < -0.3 is 14.5 Å². The average Bonchev–Trinajstić information content (AvgIpc) is 3.26. The Hall–Kier alpha value is -2.82. The zero-order valence-electron chi connectivity index (χ0n) is 15.6. The fourth-order valence-corrected chi connectivity index (χ4v) is 4.19. The summed E-state index contributed by atoms with van der Waals surface area (Å²) < 4.78 is 5.16. The van der Waals surface area contributed by atoms with Crippen molar-refractivity contribution in [2.75, 3.05) is 31.6 Å². The van der Waals surface area contributed by atoms with Crippen molar-refractivity contribution in [1.29, 1.82) is 0 Å². The van der Waals surface area contributed by atoms with E-state index in [9.17, 15) is 9.59 Å². The maximum Gasteiger partial charge on any atom is 0.227 e. The van der Waals surface area contributed by atoms with Gasteiger partial charge in [0.05, 0.1) is 13.5 Å². The number of methoxy groups -OCH3 is 1. The van der Waals surface area contributed by atoms with E-state index in [0.717, 1.165) is 30.0 Å². The Labute approximate surface area is 159 Å². The van der Waals surface area contributed by atoms with Gasteiger partial charge in [-0.3, -0.25) is 9.59 Å². The first-order chi connectivity index (χ1) is 13.1. The number of nitrogens with zero attached hydrogens (tertiary/aromatic N) is 2. The van der Waals surface area contributed by atoms with Gasteiger partial charge in [-0.15, -0.1) is 0 Å². The first kappa shape index (κ1) is 17.6. The number of anilines is 1. The summed E-state index contributed by atoms with van der Waals surface area (Å²) in [6, 6.07) is 17.4. The lowest BCUT2D eigenvalue weighted by molar-refractivity contribution is -0.130. The molecule has 2 amide bonds. The van der Waals surface area contributed by atoms with Gasteiger partial charge in [-0.25, -0.2) is 0 Å². The van der Waals surface area contributed by atoms with Crippen LogP contribution in [0.3, 0.4) is 0 Å². The van der Waals surface area contributed by atoms with E-state index in [1.165, 1.54) is 0 Å². The van der Waals surface area contributed by atoms with Crippen molar-refractivity contribution in [2.45, 2.75) is 19.3 Å². The third-order valence-corrected chi connectivity index (χ3v) is 5.69.